The van der Waals surface area contributed by atoms with Gasteiger partial charge in [0.15, 0.2) is 0 Å². The van der Waals surface area contributed by atoms with E-state index < -0.39 is 16.0 Å². The van der Waals surface area contributed by atoms with E-state index in [2.05, 4.69) is 4.72 Å². The molecule has 0 saturated heterocycles. The first kappa shape index (κ1) is 23.3. The van der Waals surface area contributed by atoms with Gasteiger partial charge in [-0.3, -0.25) is 4.79 Å². The van der Waals surface area contributed by atoms with Gasteiger partial charge in [-0.05, 0) is 61.6 Å². The second-order valence-electron chi connectivity index (χ2n) is 7.92. The van der Waals surface area contributed by atoms with Gasteiger partial charge >= 0.3 is 5.97 Å². The fraction of sp³-hybridized carbons (Fsp3) is 0.500. The predicted octanol–water partition coefficient (Wildman–Crippen LogP) is 5.80. The molecule has 1 aliphatic rings. The van der Waals surface area contributed by atoms with Crippen LogP contribution >= 0.6 is 22.9 Å². The zero-order chi connectivity index (χ0) is 21.6. The maximum absolute atomic E-state index is 13.0. The Kier molecular flexibility index (Phi) is 8.34. The number of aryl methyl sites for hydroxylation is 1. The van der Waals surface area contributed by atoms with Crippen LogP contribution in [0.4, 0.5) is 0 Å². The minimum atomic E-state index is -3.67. The molecule has 1 saturated carbocycles. The SMILES string of the molecule is O=C(O)CCCc1ccc(C(CC2CCCCC2)NS(=O)(=O)c2ccc(Cl)cc2)s1. The molecule has 30 heavy (non-hydrogen) atoms. The maximum atomic E-state index is 13.0. The molecular formula is C22H28ClNO4S2. The van der Waals surface area contributed by atoms with Gasteiger partial charge in [-0.15, -0.1) is 11.3 Å². The highest BCUT2D eigenvalue weighted by Gasteiger charge is 2.26. The Balaban J connectivity index is 1.77. The lowest BCUT2D eigenvalue weighted by molar-refractivity contribution is -0.137. The van der Waals surface area contributed by atoms with Gasteiger partial charge in [-0.1, -0.05) is 43.7 Å². The summed E-state index contributed by atoms with van der Waals surface area (Å²) in [6, 6.07) is 9.90. The summed E-state index contributed by atoms with van der Waals surface area (Å²) in [6.07, 6.45) is 8.12. The molecule has 8 heteroatoms. The molecule has 1 aliphatic carbocycles. The van der Waals surface area contributed by atoms with Gasteiger partial charge in [0.2, 0.25) is 10.0 Å². The van der Waals surface area contributed by atoms with Crippen molar-refractivity contribution in [2.45, 2.75) is 68.7 Å². The topological polar surface area (TPSA) is 83.5 Å². The van der Waals surface area contributed by atoms with Gasteiger partial charge in [0.05, 0.1) is 10.9 Å². The molecular weight excluding hydrogens is 442 g/mol. The number of carboxylic acid groups (broad SMARTS) is 1. The monoisotopic (exact) mass is 469 g/mol. The Labute approximate surface area is 187 Å². The van der Waals surface area contributed by atoms with Gasteiger partial charge in [0.25, 0.3) is 0 Å². The summed E-state index contributed by atoms with van der Waals surface area (Å²) in [7, 11) is -3.67. The van der Waals surface area contributed by atoms with E-state index in [1.165, 1.54) is 31.4 Å². The van der Waals surface area contributed by atoms with E-state index in [4.69, 9.17) is 16.7 Å². The molecule has 0 radical (unpaired) electrons. The van der Waals surface area contributed by atoms with Crippen LogP contribution in [0, 0.1) is 5.92 Å². The number of carboxylic acids is 1. The van der Waals surface area contributed by atoms with Crippen LogP contribution < -0.4 is 4.72 Å². The van der Waals surface area contributed by atoms with Crippen LogP contribution in [0.5, 0.6) is 0 Å². The van der Waals surface area contributed by atoms with Crippen molar-refractivity contribution in [2.75, 3.05) is 0 Å². The standard InChI is InChI=1S/C22H28ClNO4S2/c23-17-9-12-19(13-10-17)30(27,28)24-20(15-16-5-2-1-3-6-16)21-14-11-18(29-21)7-4-8-22(25)26/h9-14,16,20,24H,1-8,15H2,(H,25,26). The van der Waals surface area contributed by atoms with E-state index in [1.54, 1.807) is 23.5 Å². The Hall–Kier alpha value is -1.41. The fourth-order valence-electron chi connectivity index (χ4n) is 3.98. The number of sulfonamides is 1. The molecule has 0 aliphatic heterocycles. The van der Waals surface area contributed by atoms with Crippen molar-refractivity contribution in [3.63, 3.8) is 0 Å². The molecule has 1 fully saturated rings. The van der Waals surface area contributed by atoms with Crippen molar-refractivity contribution < 1.29 is 18.3 Å². The molecule has 1 atom stereocenters. The third-order valence-corrected chi connectivity index (χ3v) is 8.55. The second kappa shape index (κ2) is 10.8. The average Bonchev–Trinajstić information content (AvgIpc) is 3.17. The minimum absolute atomic E-state index is 0.141. The van der Waals surface area contributed by atoms with Gasteiger partial charge in [0, 0.05) is 21.2 Å². The van der Waals surface area contributed by atoms with Crippen LogP contribution in [-0.4, -0.2) is 19.5 Å². The van der Waals surface area contributed by atoms with E-state index in [9.17, 15) is 13.2 Å². The van der Waals surface area contributed by atoms with Crippen LogP contribution in [0.2, 0.25) is 5.02 Å². The summed E-state index contributed by atoms with van der Waals surface area (Å²) in [5.74, 6) is -0.285. The van der Waals surface area contributed by atoms with Gasteiger partial charge in [-0.2, -0.15) is 0 Å². The highest BCUT2D eigenvalue weighted by atomic mass is 35.5. The van der Waals surface area contributed by atoms with Crippen molar-refractivity contribution in [1.29, 1.82) is 0 Å². The van der Waals surface area contributed by atoms with E-state index in [0.717, 1.165) is 29.0 Å². The van der Waals surface area contributed by atoms with Crippen LogP contribution in [-0.2, 0) is 21.2 Å². The number of halogens is 1. The number of carbonyl (C=O) groups is 1. The molecule has 1 heterocycles. The summed E-state index contributed by atoms with van der Waals surface area (Å²) >= 11 is 7.48. The number of aliphatic carboxylic acids is 1. The third-order valence-electron chi connectivity index (χ3n) is 5.55. The molecule has 3 rings (SSSR count). The molecule has 1 unspecified atom stereocenters. The molecule has 1 aromatic heterocycles. The summed E-state index contributed by atoms with van der Waals surface area (Å²) < 4.78 is 28.9. The normalized spacial score (nSPS) is 16.4. The first-order valence-electron chi connectivity index (χ1n) is 10.4. The smallest absolute Gasteiger partial charge is 0.303 e. The molecule has 0 bridgehead atoms. The van der Waals surface area contributed by atoms with E-state index >= 15 is 0 Å². The number of benzene rings is 1. The molecule has 164 valence electrons. The molecule has 2 N–H and O–H groups in total. The predicted molar refractivity (Wildman–Crippen MR) is 121 cm³/mol. The van der Waals surface area contributed by atoms with Gasteiger partial charge in [0.1, 0.15) is 0 Å². The Morgan fingerprint density at radius 1 is 1.13 bits per heavy atom. The zero-order valence-electron chi connectivity index (χ0n) is 16.8. The fourth-order valence-corrected chi connectivity index (χ4v) is 6.53. The lowest BCUT2D eigenvalue weighted by Crippen LogP contribution is -2.30. The average molecular weight is 470 g/mol. The lowest BCUT2D eigenvalue weighted by Gasteiger charge is -2.26. The molecule has 0 amide bonds. The zero-order valence-corrected chi connectivity index (χ0v) is 19.2. The van der Waals surface area contributed by atoms with Crippen molar-refractivity contribution in [2.24, 2.45) is 5.92 Å². The quantitative estimate of drug-likeness (QED) is 0.460. The largest absolute Gasteiger partial charge is 0.481 e. The molecule has 1 aromatic carbocycles. The third kappa shape index (κ3) is 6.80. The Morgan fingerprint density at radius 2 is 1.83 bits per heavy atom. The van der Waals surface area contributed by atoms with Gasteiger partial charge < -0.3 is 5.11 Å². The number of rotatable bonds is 10. The van der Waals surface area contributed by atoms with E-state index in [-0.39, 0.29) is 17.4 Å². The molecule has 0 spiro atoms. The number of nitrogens with one attached hydrogen (secondary N) is 1. The van der Waals surface area contributed by atoms with Crippen LogP contribution in [0.1, 0.15) is 67.2 Å². The first-order chi connectivity index (χ1) is 14.3. The molecule has 5 nitrogen and oxygen atoms in total. The number of thiophene rings is 1. The van der Waals surface area contributed by atoms with Crippen molar-refractivity contribution in [3.8, 4) is 0 Å². The summed E-state index contributed by atoms with van der Waals surface area (Å²) in [4.78, 5) is 13.0. The number of hydrogen-bond donors (Lipinski definition) is 2. The van der Waals surface area contributed by atoms with Crippen molar-refractivity contribution in [1.82, 2.24) is 4.72 Å². The van der Waals surface area contributed by atoms with E-state index in [0.29, 0.717) is 23.8 Å². The van der Waals surface area contributed by atoms with Crippen molar-refractivity contribution >= 4 is 38.9 Å². The van der Waals surface area contributed by atoms with Gasteiger partial charge in [-0.25, -0.2) is 13.1 Å². The first-order valence-corrected chi connectivity index (χ1v) is 13.1. The Bertz CT molecular complexity index is 934. The van der Waals surface area contributed by atoms with Crippen LogP contribution in [0.3, 0.4) is 0 Å². The second-order valence-corrected chi connectivity index (χ2v) is 11.3. The maximum Gasteiger partial charge on any atom is 0.303 e. The summed E-state index contributed by atoms with van der Waals surface area (Å²) in [5.41, 5.74) is 0. The lowest BCUT2D eigenvalue weighted by atomic mass is 9.85. The van der Waals surface area contributed by atoms with E-state index in [1.807, 2.05) is 12.1 Å². The Morgan fingerprint density at radius 3 is 2.50 bits per heavy atom. The summed E-state index contributed by atoms with van der Waals surface area (Å²) in [5, 5.41) is 9.34. The van der Waals surface area contributed by atoms with Crippen molar-refractivity contribution in [3.05, 3.63) is 51.2 Å². The number of hydrogen-bond acceptors (Lipinski definition) is 4. The van der Waals surface area contributed by atoms with Crippen LogP contribution in [0.15, 0.2) is 41.3 Å². The molecule has 2 aromatic rings. The highest BCUT2D eigenvalue weighted by molar-refractivity contribution is 7.89. The summed E-state index contributed by atoms with van der Waals surface area (Å²) in [6.45, 7) is 0. The highest BCUT2D eigenvalue weighted by Crippen LogP contribution is 2.35. The minimum Gasteiger partial charge on any atom is -0.481 e. The van der Waals surface area contributed by atoms with Crippen LogP contribution in [0.25, 0.3) is 0 Å².